The molecule has 40 heavy (non-hydrogen) atoms. The molecule has 0 aromatic rings. The molecule has 0 spiro atoms. The summed E-state index contributed by atoms with van der Waals surface area (Å²) in [6.07, 6.45) is 0. The molecule has 14 nitrogen and oxygen atoms in total. The first-order valence-corrected chi connectivity index (χ1v) is 25.2. The highest BCUT2D eigenvalue weighted by molar-refractivity contribution is 6.96. The average Bonchev–Trinajstić information content (AvgIpc) is 2.99. The van der Waals surface area contributed by atoms with E-state index in [1.807, 2.05) is 0 Å². The third kappa shape index (κ3) is 9.37. The predicted molar refractivity (Wildman–Crippen MR) is 159 cm³/mol. The second-order valence-electron chi connectivity index (χ2n) is 9.21. The van der Waals surface area contributed by atoms with E-state index in [0.29, 0.717) is 48.4 Å². The molecule has 0 aliphatic carbocycles. The van der Waals surface area contributed by atoms with Crippen molar-refractivity contribution >= 4 is 52.3 Å². The molecular formula is C20H52O14Si6. The largest absolute Gasteiger partial charge is 0.500 e. The fourth-order valence-electron chi connectivity index (χ4n) is 4.94. The van der Waals surface area contributed by atoms with Gasteiger partial charge < -0.3 is 61.3 Å². The molecule has 0 atom stereocenters. The van der Waals surface area contributed by atoms with E-state index in [1.54, 1.807) is 85.3 Å². The lowest BCUT2D eigenvalue weighted by Crippen LogP contribution is -2.72. The Kier molecular flexibility index (Phi) is 16.8. The summed E-state index contributed by atoms with van der Waals surface area (Å²) in [5.41, 5.74) is 0. The van der Waals surface area contributed by atoms with Crippen LogP contribution in [0.25, 0.3) is 0 Å². The summed E-state index contributed by atoms with van der Waals surface area (Å²) in [5, 5.41) is 0. The summed E-state index contributed by atoms with van der Waals surface area (Å²) in [6, 6.07) is 4.57. The van der Waals surface area contributed by atoms with Crippen molar-refractivity contribution in [2.75, 3.05) is 85.3 Å². The molecule has 0 bridgehead atoms. The summed E-state index contributed by atoms with van der Waals surface area (Å²) in [4.78, 5) is 0. The molecule has 20 heteroatoms. The molecule has 0 unspecified atom stereocenters. The van der Waals surface area contributed by atoms with Gasteiger partial charge in [0, 0.05) is 109 Å². The quantitative estimate of drug-likeness (QED) is 0.138. The summed E-state index contributed by atoms with van der Waals surface area (Å²) < 4.78 is 82.6. The second-order valence-corrected chi connectivity index (χ2v) is 28.8. The number of rotatable bonds is 24. The molecule has 1 aliphatic rings. The van der Waals surface area contributed by atoms with Gasteiger partial charge in [-0.05, 0) is 24.2 Å². The lowest BCUT2D eigenvalue weighted by atomic mass is 10.9. The van der Waals surface area contributed by atoms with E-state index in [-0.39, 0.29) is 0 Å². The molecule has 1 fully saturated rings. The van der Waals surface area contributed by atoms with Gasteiger partial charge in [-0.2, -0.15) is 0 Å². The van der Waals surface area contributed by atoms with Crippen molar-refractivity contribution in [3.63, 3.8) is 0 Å². The Morgan fingerprint density at radius 3 is 0.600 bits per heavy atom. The summed E-state index contributed by atoms with van der Waals surface area (Å²) in [5.74, 6) is 0. The van der Waals surface area contributed by atoms with E-state index in [9.17, 15) is 0 Å². The third-order valence-corrected chi connectivity index (χ3v) is 30.6. The van der Waals surface area contributed by atoms with Gasteiger partial charge >= 0.3 is 52.3 Å². The number of hydrogen-bond donors (Lipinski definition) is 0. The maximum absolute atomic E-state index is 7.11. The normalized spacial score (nSPS) is 17.7. The summed E-state index contributed by atoms with van der Waals surface area (Å²) in [6.45, 7) is 0. The summed E-state index contributed by atoms with van der Waals surface area (Å²) in [7, 11) is 2.03. The van der Waals surface area contributed by atoms with E-state index in [0.717, 1.165) is 0 Å². The maximum Gasteiger partial charge on any atom is 0.500 e. The van der Waals surface area contributed by atoms with Gasteiger partial charge in [0.1, 0.15) is 0 Å². The Morgan fingerprint density at radius 1 is 0.325 bits per heavy atom. The highest BCUT2D eigenvalue weighted by Gasteiger charge is 2.65. The predicted octanol–water partition coefficient (Wildman–Crippen LogP) is 2.43. The Labute approximate surface area is 247 Å². The van der Waals surface area contributed by atoms with Gasteiger partial charge in [0.2, 0.25) is 0 Å². The fourth-order valence-corrected chi connectivity index (χ4v) is 29.6. The SMILES string of the molecule is CO[Si](CC[Si]1(CC[Si](OC)(OC)OC)O[Si](CC[Si](OC)(OC)OC)(CC[Si](OC)(OC)OC)O1)(OC)OC. The highest BCUT2D eigenvalue weighted by atomic mass is 28.5. The van der Waals surface area contributed by atoms with Crippen molar-refractivity contribution in [3.05, 3.63) is 0 Å². The van der Waals surface area contributed by atoms with Crippen molar-refractivity contribution in [3.8, 4) is 0 Å². The smallest absolute Gasteiger partial charge is 0.415 e. The average molecular weight is 685 g/mol. The second kappa shape index (κ2) is 17.3. The molecule has 1 rings (SSSR count). The lowest BCUT2D eigenvalue weighted by Gasteiger charge is -2.55. The van der Waals surface area contributed by atoms with Gasteiger partial charge in [0.15, 0.2) is 0 Å². The van der Waals surface area contributed by atoms with Crippen LogP contribution in [-0.2, 0) is 61.3 Å². The van der Waals surface area contributed by atoms with Gasteiger partial charge in [-0.25, -0.2) is 0 Å². The lowest BCUT2D eigenvalue weighted by molar-refractivity contribution is 0.117. The molecule has 1 heterocycles. The fraction of sp³-hybridized carbons (Fsp3) is 1.00. The third-order valence-electron chi connectivity index (χ3n) is 7.72. The van der Waals surface area contributed by atoms with Crippen molar-refractivity contribution in [2.24, 2.45) is 0 Å². The van der Waals surface area contributed by atoms with Crippen LogP contribution >= 0.6 is 0 Å². The first kappa shape index (κ1) is 38.8. The first-order valence-electron chi connectivity index (χ1n) is 13.0. The molecule has 0 N–H and O–H groups in total. The van der Waals surface area contributed by atoms with Crippen LogP contribution in [0, 0.1) is 0 Å². The minimum Gasteiger partial charge on any atom is -0.415 e. The van der Waals surface area contributed by atoms with Crippen LogP contribution in [0.4, 0.5) is 0 Å². The van der Waals surface area contributed by atoms with Gasteiger partial charge in [-0.3, -0.25) is 0 Å². The standard InChI is InChI=1S/C20H52O14Si6/c1-21-37(22-2,23-3)17-13-35(14-18-38(24-4,25-5)26-6)33-36(34-35,15-19-39(27-7,28-8)29-9)16-20-40(30-10,31-11)32-12/h13-20H2,1-12H3. The van der Waals surface area contributed by atoms with E-state index in [1.165, 1.54) is 0 Å². The Morgan fingerprint density at radius 2 is 0.475 bits per heavy atom. The van der Waals surface area contributed by atoms with Gasteiger partial charge in [0.25, 0.3) is 0 Å². The Hall–Kier alpha value is 0.741. The zero-order chi connectivity index (χ0) is 30.6. The van der Waals surface area contributed by atoms with Gasteiger partial charge in [-0.1, -0.05) is 0 Å². The van der Waals surface area contributed by atoms with Crippen LogP contribution in [-0.4, -0.2) is 138 Å². The Balaban J connectivity index is 3.36. The van der Waals surface area contributed by atoms with E-state index >= 15 is 0 Å². The van der Waals surface area contributed by atoms with E-state index in [4.69, 9.17) is 61.3 Å². The zero-order valence-electron chi connectivity index (χ0n) is 26.4. The van der Waals surface area contributed by atoms with E-state index < -0.39 is 52.3 Å². The molecule has 0 radical (unpaired) electrons. The first-order chi connectivity index (χ1) is 19.0. The van der Waals surface area contributed by atoms with Gasteiger partial charge in [0.05, 0.1) is 0 Å². The summed E-state index contributed by atoms with van der Waals surface area (Å²) >= 11 is 0. The molecule has 0 saturated carbocycles. The van der Waals surface area contributed by atoms with Crippen molar-refractivity contribution in [2.45, 2.75) is 48.4 Å². The molecule has 240 valence electrons. The molecule has 0 aromatic heterocycles. The van der Waals surface area contributed by atoms with Crippen LogP contribution in [0.3, 0.4) is 0 Å². The minimum atomic E-state index is -2.89. The zero-order valence-corrected chi connectivity index (χ0v) is 32.4. The molecule has 0 amide bonds. The number of hydrogen-bond acceptors (Lipinski definition) is 14. The van der Waals surface area contributed by atoms with Crippen LogP contribution in [0.1, 0.15) is 0 Å². The van der Waals surface area contributed by atoms with Gasteiger partial charge in [-0.15, -0.1) is 0 Å². The topological polar surface area (TPSA) is 129 Å². The van der Waals surface area contributed by atoms with Crippen LogP contribution in [0.5, 0.6) is 0 Å². The minimum absolute atomic E-state index is 0.536. The van der Waals surface area contributed by atoms with Crippen molar-refractivity contribution < 1.29 is 61.3 Å². The molecule has 0 aromatic carbocycles. The highest BCUT2D eigenvalue weighted by Crippen LogP contribution is 2.47. The van der Waals surface area contributed by atoms with Crippen LogP contribution in [0.15, 0.2) is 0 Å². The van der Waals surface area contributed by atoms with Crippen molar-refractivity contribution in [1.82, 2.24) is 0 Å². The maximum atomic E-state index is 7.11. The van der Waals surface area contributed by atoms with E-state index in [2.05, 4.69) is 0 Å². The van der Waals surface area contributed by atoms with Crippen molar-refractivity contribution in [1.29, 1.82) is 0 Å². The Bertz CT molecular complexity index is 562. The molecule has 1 saturated heterocycles. The molecule has 1 aliphatic heterocycles. The monoisotopic (exact) mass is 684 g/mol. The molecular weight excluding hydrogens is 633 g/mol. The van der Waals surface area contributed by atoms with Crippen LogP contribution < -0.4 is 0 Å². The van der Waals surface area contributed by atoms with Crippen LogP contribution in [0.2, 0.25) is 48.4 Å².